The summed E-state index contributed by atoms with van der Waals surface area (Å²) < 4.78 is 11.2. The Hall–Kier alpha value is -1.54. The molecule has 0 aliphatic carbocycles. The summed E-state index contributed by atoms with van der Waals surface area (Å²) in [5, 5.41) is 2.90. The molecule has 0 atom stereocenters. The average molecular weight is 283 g/mol. The van der Waals surface area contributed by atoms with Gasteiger partial charge in [-0.3, -0.25) is 14.4 Å². The van der Waals surface area contributed by atoms with Crippen LogP contribution in [0.15, 0.2) is 6.07 Å². The molecule has 19 heavy (non-hydrogen) atoms. The molecule has 8 heteroatoms. The number of amides is 1. The minimum atomic E-state index is -0.732. The zero-order valence-electron chi connectivity index (χ0n) is 10.7. The van der Waals surface area contributed by atoms with Crippen LogP contribution in [0, 0.1) is 6.92 Å². The van der Waals surface area contributed by atoms with Crippen LogP contribution >= 0.6 is 0 Å². The van der Waals surface area contributed by atoms with Crippen molar-refractivity contribution >= 4 is 22.7 Å². The molecule has 1 aliphatic rings. The predicted octanol–water partition coefficient (Wildman–Crippen LogP) is -0.288. The first kappa shape index (κ1) is 13.9. The molecule has 1 saturated heterocycles. The van der Waals surface area contributed by atoms with E-state index in [9.17, 15) is 9.00 Å². The van der Waals surface area contributed by atoms with Gasteiger partial charge >= 0.3 is 0 Å². The van der Waals surface area contributed by atoms with Crippen molar-refractivity contribution in [1.29, 1.82) is 0 Å². The Morgan fingerprint density at radius 2 is 2.11 bits per heavy atom. The zero-order valence-corrected chi connectivity index (χ0v) is 11.5. The maximum atomic E-state index is 12.1. The van der Waals surface area contributed by atoms with E-state index >= 15 is 0 Å². The highest BCUT2D eigenvalue weighted by atomic mass is 32.2. The van der Waals surface area contributed by atoms with Crippen LogP contribution in [0.4, 0.5) is 5.95 Å². The van der Waals surface area contributed by atoms with Crippen LogP contribution in [0.2, 0.25) is 0 Å². The molecule has 0 bridgehead atoms. The largest absolute Gasteiger partial charge is 0.348 e. The van der Waals surface area contributed by atoms with Crippen LogP contribution in [-0.4, -0.2) is 37.6 Å². The van der Waals surface area contributed by atoms with Gasteiger partial charge in [-0.2, -0.15) is 0 Å². The number of anilines is 1. The highest BCUT2D eigenvalue weighted by molar-refractivity contribution is 7.85. The molecule has 0 radical (unpaired) electrons. The van der Waals surface area contributed by atoms with E-state index in [0.717, 1.165) is 12.8 Å². The monoisotopic (exact) mass is 283 g/mol. The average Bonchev–Trinajstić information content (AvgIpc) is 2.40. The van der Waals surface area contributed by atoms with Gasteiger partial charge in [-0.15, -0.1) is 0 Å². The number of nitrogens with one attached hydrogen (secondary N) is 2. The summed E-state index contributed by atoms with van der Waals surface area (Å²) in [6, 6.07) is 1.67. The molecule has 1 aromatic heterocycles. The van der Waals surface area contributed by atoms with Crippen LogP contribution < -0.4 is 16.6 Å². The number of nitrogens with two attached hydrogens (primary N) is 1. The number of carbonyl (C=O) groups excluding carboxylic acids is 1. The Kier molecular flexibility index (Phi) is 4.43. The maximum Gasteiger partial charge on any atom is 0.270 e. The Balaban J connectivity index is 2.03. The molecule has 0 spiro atoms. The second-order valence-electron chi connectivity index (χ2n) is 4.46. The smallest absolute Gasteiger partial charge is 0.270 e. The standard InChI is InChI=1S/C11H17N5O2S/c1-7-6-9(15-11(13-7)16-12)10(17)14-8-2-4-19(18)5-3-8/h6,8H,2-5,12H2,1H3,(H,14,17)(H,13,15,16). The summed E-state index contributed by atoms with van der Waals surface area (Å²) in [6.45, 7) is 1.77. The number of aromatic nitrogens is 2. The van der Waals surface area contributed by atoms with Crippen molar-refractivity contribution < 1.29 is 9.00 Å². The fourth-order valence-corrected chi connectivity index (χ4v) is 3.25. The molecule has 1 aliphatic heterocycles. The topological polar surface area (TPSA) is 110 Å². The fraction of sp³-hybridized carbons (Fsp3) is 0.545. The lowest BCUT2D eigenvalue weighted by Crippen LogP contribution is -2.40. The highest BCUT2D eigenvalue weighted by Crippen LogP contribution is 2.10. The van der Waals surface area contributed by atoms with Crippen molar-refractivity contribution in [2.75, 3.05) is 16.9 Å². The van der Waals surface area contributed by atoms with Crippen LogP contribution in [0.5, 0.6) is 0 Å². The molecule has 7 nitrogen and oxygen atoms in total. The van der Waals surface area contributed by atoms with Gasteiger partial charge in [-0.05, 0) is 25.8 Å². The lowest BCUT2D eigenvalue weighted by molar-refractivity contribution is 0.0929. The van der Waals surface area contributed by atoms with Crippen LogP contribution in [0.3, 0.4) is 0 Å². The van der Waals surface area contributed by atoms with Crippen molar-refractivity contribution in [2.24, 2.45) is 5.84 Å². The molecular weight excluding hydrogens is 266 g/mol. The summed E-state index contributed by atoms with van der Waals surface area (Å²) in [5.74, 6) is 6.50. The number of hydrazine groups is 1. The van der Waals surface area contributed by atoms with E-state index in [1.54, 1.807) is 13.0 Å². The summed E-state index contributed by atoms with van der Waals surface area (Å²) in [5.41, 5.74) is 3.28. The second kappa shape index (κ2) is 6.07. The van der Waals surface area contributed by atoms with Crippen LogP contribution in [0.1, 0.15) is 29.0 Å². The summed E-state index contributed by atoms with van der Waals surface area (Å²) >= 11 is 0. The van der Waals surface area contributed by atoms with Crippen LogP contribution in [-0.2, 0) is 10.8 Å². The molecule has 0 saturated carbocycles. The lowest BCUT2D eigenvalue weighted by atomic mass is 10.1. The second-order valence-corrected chi connectivity index (χ2v) is 6.15. The SMILES string of the molecule is Cc1cc(C(=O)NC2CCS(=O)CC2)nc(NN)n1. The van der Waals surface area contributed by atoms with Crippen molar-refractivity contribution in [3.05, 3.63) is 17.5 Å². The van der Waals surface area contributed by atoms with Gasteiger partial charge in [0.05, 0.1) is 0 Å². The Labute approximate surface area is 113 Å². The van der Waals surface area contributed by atoms with Gasteiger partial charge in [-0.25, -0.2) is 15.8 Å². The molecular formula is C11H17N5O2S. The van der Waals surface area contributed by atoms with Crippen LogP contribution in [0.25, 0.3) is 0 Å². The van der Waals surface area contributed by atoms with Crippen molar-refractivity contribution in [3.8, 4) is 0 Å². The quantitative estimate of drug-likeness (QED) is 0.519. The number of aryl methyl sites for hydroxylation is 1. The molecule has 1 aromatic rings. The van der Waals surface area contributed by atoms with E-state index in [4.69, 9.17) is 5.84 Å². The minimum absolute atomic E-state index is 0.0646. The summed E-state index contributed by atoms with van der Waals surface area (Å²) in [6.07, 6.45) is 1.48. The predicted molar refractivity (Wildman–Crippen MR) is 72.9 cm³/mol. The van der Waals surface area contributed by atoms with E-state index < -0.39 is 10.8 Å². The van der Waals surface area contributed by atoms with Crippen molar-refractivity contribution in [1.82, 2.24) is 15.3 Å². The Morgan fingerprint density at radius 1 is 1.42 bits per heavy atom. The molecule has 4 N–H and O–H groups in total. The number of nitrogen functional groups attached to an aromatic ring is 1. The van der Waals surface area contributed by atoms with Gasteiger partial charge in [0.1, 0.15) is 5.69 Å². The zero-order chi connectivity index (χ0) is 13.8. The van der Waals surface area contributed by atoms with Gasteiger partial charge in [-0.1, -0.05) is 0 Å². The van der Waals surface area contributed by atoms with Gasteiger partial charge < -0.3 is 5.32 Å². The number of rotatable bonds is 3. The molecule has 1 amide bonds. The van der Waals surface area contributed by atoms with Gasteiger partial charge in [0.2, 0.25) is 5.95 Å². The van der Waals surface area contributed by atoms with Crippen molar-refractivity contribution in [3.63, 3.8) is 0 Å². The van der Waals surface area contributed by atoms with Gasteiger partial charge in [0.15, 0.2) is 0 Å². The van der Waals surface area contributed by atoms with E-state index in [0.29, 0.717) is 17.2 Å². The normalized spacial score (nSPS) is 22.8. The maximum absolute atomic E-state index is 12.1. The van der Waals surface area contributed by atoms with E-state index in [1.807, 2.05) is 0 Å². The number of hydrogen-bond donors (Lipinski definition) is 3. The molecule has 2 heterocycles. The molecule has 2 rings (SSSR count). The first-order valence-electron chi connectivity index (χ1n) is 6.06. The lowest BCUT2D eigenvalue weighted by Gasteiger charge is -2.22. The third-order valence-electron chi connectivity index (χ3n) is 2.94. The number of nitrogens with zero attached hydrogens (tertiary/aromatic N) is 2. The Bertz CT molecular complexity index is 498. The molecule has 0 unspecified atom stereocenters. The molecule has 1 fully saturated rings. The fourth-order valence-electron chi connectivity index (χ4n) is 1.95. The van der Waals surface area contributed by atoms with E-state index in [2.05, 4.69) is 20.7 Å². The molecule has 0 aromatic carbocycles. The number of carbonyl (C=O) groups is 1. The van der Waals surface area contributed by atoms with E-state index in [-0.39, 0.29) is 23.6 Å². The Morgan fingerprint density at radius 3 is 2.74 bits per heavy atom. The van der Waals surface area contributed by atoms with Gasteiger partial charge in [0, 0.05) is 34.0 Å². The first-order valence-corrected chi connectivity index (χ1v) is 7.55. The van der Waals surface area contributed by atoms with Gasteiger partial charge in [0.25, 0.3) is 5.91 Å². The summed E-state index contributed by atoms with van der Waals surface area (Å²) in [7, 11) is -0.732. The molecule has 104 valence electrons. The van der Waals surface area contributed by atoms with Crippen molar-refractivity contribution in [2.45, 2.75) is 25.8 Å². The number of hydrogen-bond acceptors (Lipinski definition) is 6. The first-order chi connectivity index (χ1) is 9.08. The minimum Gasteiger partial charge on any atom is -0.348 e. The third-order valence-corrected chi connectivity index (χ3v) is 4.32. The van der Waals surface area contributed by atoms with E-state index in [1.165, 1.54) is 0 Å². The highest BCUT2D eigenvalue weighted by Gasteiger charge is 2.21. The summed E-state index contributed by atoms with van der Waals surface area (Å²) in [4.78, 5) is 20.1. The third kappa shape index (κ3) is 3.71.